The van der Waals surface area contributed by atoms with Gasteiger partial charge in [-0.3, -0.25) is 0 Å². The number of hydrogen-bond acceptors (Lipinski definition) is 6. The molecular weight excluding hydrogens is 483 g/mol. The molecule has 0 aliphatic heterocycles. The summed E-state index contributed by atoms with van der Waals surface area (Å²) in [6.45, 7) is 1.80. The molecule has 0 radical (unpaired) electrons. The number of aromatic nitrogens is 4. The first-order valence-corrected chi connectivity index (χ1v) is 10.6. The Balaban J connectivity index is 1.95. The average Bonchev–Trinajstić information content (AvgIpc) is 3.29. The Labute approximate surface area is 197 Å². The van der Waals surface area contributed by atoms with Crippen LogP contribution in [0.3, 0.4) is 0 Å². The molecule has 0 amide bonds. The van der Waals surface area contributed by atoms with Gasteiger partial charge in [-0.25, -0.2) is 13.5 Å². The minimum atomic E-state index is -4.61. The second-order valence-electron chi connectivity index (χ2n) is 7.35. The van der Waals surface area contributed by atoms with Crippen molar-refractivity contribution >= 4 is 17.4 Å². The summed E-state index contributed by atoms with van der Waals surface area (Å²) in [6, 6.07) is 1.56. The van der Waals surface area contributed by atoms with Crippen LogP contribution in [0.25, 0.3) is 5.95 Å². The SMILES string of the molecule is CNCCCOc1cc(F)c(Cc2c(Cl)nc(-n3cccn3)nc2N[C@@H](C)C(F)(F)F)c(F)c1. The van der Waals surface area contributed by atoms with Crippen molar-refractivity contribution in [2.45, 2.75) is 32.0 Å². The third kappa shape index (κ3) is 6.32. The molecule has 3 rings (SSSR count). The summed E-state index contributed by atoms with van der Waals surface area (Å²) in [4.78, 5) is 8.11. The minimum absolute atomic E-state index is 0.00438. The Bertz CT molecular complexity index is 1090. The molecule has 0 aliphatic rings. The fourth-order valence-corrected chi connectivity index (χ4v) is 3.18. The van der Waals surface area contributed by atoms with Crippen LogP contribution < -0.4 is 15.4 Å². The van der Waals surface area contributed by atoms with Crippen molar-refractivity contribution in [3.8, 4) is 11.7 Å². The van der Waals surface area contributed by atoms with E-state index in [2.05, 4.69) is 25.7 Å². The monoisotopic (exact) mass is 504 g/mol. The van der Waals surface area contributed by atoms with E-state index in [1.54, 1.807) is 13.1 Å². The van der Waals surface area contributed by atoms with Gasteiger partial charge >= 0.3 is 6.18 Å². The summed E-state index contributed by atoms with van der Waals surface area (Å²) < 4.78 is 75.7. The van der Waals surface area contributed by atoms with Crippen LogP contribution in [0.5, 0.6) is 5.75 Å². The van der Waals surface area contributed by atoms with Crippen molar-refractivity contribution in [3.05, 3.63) is 58.5 Å². The molecule has 2 aromatic heterocycles. The number of ether oxygens (including phenoxy) is 1. The van der Waals surface area contributed by atoms with Crippen LogP contribution in [0.1, 0.15) is 24.5 Å². The number of nitrogens with one attached hydrogen (secondary N) is 2. The van der Waals surface area contributed by atoms with Crippen LogP contribution in [0.2, 0.25) is 5.15 Å². The van der Waals surface area contributed by atoms with E-state index in [0.29, 0.717) is 13.0 Å². The van der Waals surface area contributed by atoms with Crippen molar-refractivity contribution in [3.63, 3.8) is 0 Å². The standard InChI is InChI=1S/C21H22ClF5N6O/c1-12(21(25,26)27)30-19-15(18(22)31-20(32-19)33-7-3-6-29-33)11-14-16(23)9-13(10-17(14)24)34-8-4-5-28-2/h3,6-7,9-10,12,28H,4-5,8,11H2,1-2H3,(H,30,31,32)/t12-/m0/s1. The number of alkyl halides is 3. The topological polar surface area (TPSA) is 76.9 Å². The highest BCUT2D eigenvalue weighted by atomic mass is 35.5. The molecule has 0 bridgehead atoms. The molecule has 13 heteroatoms. The van der Waals surface area contributed by atoms with E-state index in [1.165, 1.54) is 17.1 Å². The molecular formula is C21H22ClF5N6O. The van der Waals surface area contributed by atoms with Crippen molar-refractivity contribution < 1.29 is 26.7 Å². The molecule has 0 unspecified atom stereocenters. The Morgan fingerprint density at radius 3 is 2.44 bits per heavy atom. The molecule has 2 N–H and O–H groups in total. The maximum absolute atomic E-state index is 14.8. The van der Waals surface area contributed by atoms with Crippen LogP contribution in [-0.4, -0.2) is 52.2 Å². The van der Waals surface area contributed by atoms with Gasteiger partial charge in [-0.15, -0.1) is 0 Å². The van der Waals surface area contributed by atoms with Crippen molar-refractivity contribution in [1.82, 2.24) is 25.1 Å². The molecule has 3 aromatic rings. The van der Waals surface area contributed by atoms with Gasteiger partial charge in [0.15, 0.2) is 0 Å². The van der Waals surface area contributed by atoms with Gasteiger partial charge in [0.2, 0.25) is 0 Å². The van der Waals surface area contributed by atoms with Gasteiger partial charge in [-0.2, -0.15) is 28.2 Å². The normalized spacial score (nSPS) is 12.6. The van der Waals surface area contributed by atoms with E-state index < -0.39 is 35.8 Å². The lowest BCUT2D eigenvalue weighted by molar-refractivity contribution is -0.138. The van der Waals surface area contributed by atoms with E-state index in [1.807, 2.05) is 0 Å². The fourth-order valence-electron chi connectivity index (χ4n) is 2.95. The number of benzene rings is 1. The molecule has 184 valence electrons. The molecule has 0 saturated carbocycles. The van der Waals surface area contributed by atoms with Gasteiger partial charge in [-0.1, -0.05) is 11.6 Å². The summed E-state index contributed by atoms with van der Waals surface area (Å²) >= 11 is 6.24. The Kier molecular flexibility index (Phi) is 8.26. The zero-order valence-electron chi connectivity index (χ0n) is 18.3. The fraction of sp³-hybridized carbons (Fsp3) is 0.381. The van der Waals surface area contributed by atoms with Crippen LogP contribution in [-0.2, 0) is 6.42 Å². The van der Waals surface area contributed by atoms with Crippen LogP contribution in [0, 0.1) is 11.6 Å². The third-order valence-electron chi connectivity index (χ3n) is 4.81. The number of halogens is 6. The predicted octanol–water partition coefficient (Wildman–Crippen LogP) is 4.54. The average molecular weight is 505 g/mol. The number of anilines is 1. The number of hydrogen-bond donors (Lipinski definition) is 2. The Morgan fingerprint density at radius 2 is 1.85 bits per heavy atom. The first kappa shape index (κ1) is 25.6. The van der Waals surface area contributed by atoms with Gasteiger partial charge in [0, 0.05) is 42.1 Å². The van der Waals surface area contributed by atoms with Crippen LogP contribution in [0.4, 0.5) is 27.8 Å². The van der Waals surface area contributed by atoms with Gasteiger partial charge in [-0.05, 0) is 33.0 Å². The Morgan fingerprint density at radius 1 is 1.15 bits per heavy atom. The molecule has 7 nitrogen and oxygen atoms in total. The lowest BCUT2D eigenvalue weighted by Crippen LogP contribution is -2.34. The zero-order chi connectivity index (χ0) is 24.9. The highest BCUT2D eigenvalue weighted by Gasteiger charge is 2.37. The molecule has 0 spiro atoms. The quantitative estimate of drug-likeness (QED) is 0.240. The third-order valence-corrected chi connectivity index (χ3v) is 5.12. The lowest BCUT2D eigenvalue weighted by Gasteiger charge is -2.21. The first-order chi connectivity index (χ1) is 16.1. The maximum atomic E-state index is 14.8. The lowest BCUT2D eigenvalue weighted by atomic mass is 10.0. The van der Waals surface area contributed by atoms with Gasteiger partial charge < -0.3 is 15.4 Å². The molecule has 1 atom stereocenters. The second kappa shape index (κ2) is 11.0. The van der Waals surface area contributed by atoms with Gasteiger partial charge in [0.1, 0.15) is 34.4 Å². The van der Waals surface area contributed by atoms with Crippen molar-refractivity contribution in [1.29, 1.82) is 0 Å². The smallest absolute Gasteiger partial charge is 0.408 e. The molecule has 0 fully saturated rings. The van der Waals surface area contributed by atoms with E-state index in [4.69, 9.17) is 16.3 Å². The van der Waals surface area contributed by atoms with Gasteiger partial charge in [0.25, 0.3) is 5.95 Å². The second-order valence-corrected chi connectivity index (χ2v) is 7.71. The minimum Gasteiger partial charge on any atom is -0.493 e. The molecule has 0 aliphatic carbocycles. The van der Waals surface area contributed by atoms with E-state index in [-0.39, 0.29) is 34.8 Å². The largest absolute Gasteiger partial charge is 0.493 e. The van der Waals surface area contributed by atoms with E-state index in [0.717, 1.165) is 19.1 Å². The van der Waals surface area contributed by atoms with Crippen molar-refractivity contribution in [2.24, 2.45) is 0 Å². The first-order valence-electron chi connectivity index (χ1n) is 10.2. The van der Waals surface area contributed by atoms with Crippen molar-refractivity contribution in [2.75, 3.05) is 25.5 Å². The zero-order valence-corrected chi connectivity index (χ0v) is 19.0. The summed E-state index contributed by atoms with van der Waals surface area (Å²) in [5.41, 5.74) is -0.517. The van der Waals surface area contributed by atoms with Crippen LogP contribution >= 0.6 is 11.6 Å². The molecule has 1 aromatic carbocycles. The molecule has 0 saturated heterocycles. The summed E-state index contributed by atoms with van der Waals surface area (Å²) in [5.74, 6) is -2.31. The van der Waals surface area contributed by atoms with Gasteiger partial charge in [0.05, 0.1) is 6.61 Å². The molecule has 2 heterocycles. The highest BCUT2D eigenvalue weighted by Crippen LogP contribution is 2.31. The summed E-state index contributed by atoms with van der Waals surface area (Å²) in [5, 5.41) is 8.81. The maximum Gasteiger partial charge on any atom is 0.408 e. The molecule has 34 heavy (non-hydrogen) atoms. The van der Waals surface area contributed by atoms with E-state index in [9.17, 15) is 22.0 Å². The van der Waals surface area contributed by atoms with Crippen LogP contribution in [0.15, 0.2) is 30.6 Å². The number of nitrogens with zero attached hydrogens (tertiary/aromatic N) is 4. The summed E-state index contributed by atoms with van der Waals surface area (Å²) in [7, 11) is 1.77. The summed E-state index contributed by atoms with van der Waals surface area (Å²) in [6.07, 6.45) is -1.59. The Hall–Kier alpha value is -2.99. The highest BCUT2D eigenvalue weighted by molar-refractivity contribution is 6.30. The number of rotatable bonds is 10. The predicted molar refractivity (Wildman–Crippen MR) is 117 cm³/mol. The van der Waals surface area contributed by atoms with E-state index >= 15 is 0 Å².